The van der Waals surface area contributed by atoms with E-state index in [1.165, 1.54) is 6.08 Å². The highest BCUT2D eigenvalue weighted by molar-refractivity contribution is 6.31. The van der Waals surface area contributed by atoms with Gasteiger partial charge >= 0.3 is 0 Å². The maximum atomic E-state index is 11.9. The first kappa shape index (κ1) is 12.4. The van der Waals surface area contributed by atoms with Crippen molar-refractivity contribution in [2.45, 2.75) is 0 Å². The number of nitrogen functional groups attached to an aromatic ring is 1. The smallest absolute Gasteiger partial charge is 0.187 e. The van der Waals surface area contributed by atoms with Crippen molar-refractivity contribution in [2.24, 2.45) is 0 Å². The third-order valence-electron chi connectivity index (χ3n) is 2.51. The van der Waals surface area contributed by atoms with Crippen LogP contribution in [0.1, 0.15) is 15.9 Å². The lowest BCUT2D eigenvalue weighted by Crippen LogP contribution is -2.00. The highest BCUT2D eigenvalue weighted by atomic mass is 35.5. The third-order valence-corrected chi connectivity index (χ3v) is 2.74. The Balaban J connectivity index is 2.20. The number of carbonyl (C=O) groups is 1. The molecule has 2 rings (SSSR count). The van der Waals surface area contributed by atoms with Crippen LogP contribution in [0.5, 0.6) is 0 Å². The summed E-state index contributed by atoms with van der Waals surface area (Å²) in [5.74, 6) is -0.131. The zero-order valence-corrected chi connectivity index (χ0v) is 10.4. The standard InChI is InChI=1S/C15H12ClNO/c16-12-7-8-13(14(17)10-12)15(18)9-6-11-4-2-1-3-5-11/h1-10H,17H2/b9-6+. The first-order valence-corrected chi connectivity index (χ1v) is 5.87. The summed E-state index contributed by atoms with van der Waals surface area (Å²) in [6, 6.07) is 14.5. The number of rotatable bonds is 3. The van der Waals surface area contributed by atoms with Crippen LogP contribution >= 0.6 is 11.6 Å². The lowest BCUT2D eigenvalue weighted by atomic mass is 10.1. The molecule has 2 aromatic carbocycles. The fraction of sp³-hybridized carbons (Fsp3) is 0. The van der Waals surface area contributed by atoms with Gasteiger partial charge in [0.1, 0.15) is 0 Å². The molecule has 0 aromatic heterocycles. The second-order valence-corrected chi connectivity index (χ2v) is 4.28. The Morgan fingerprint density at radius 1 is 1.11 bits per heavy atom. The van der Waals surface area contributed by atoms with E-state index in [-0.39, 0.29) is 5.78 Å². The fourth-order valence-electron chi connectivity index (χ4n) is 1.58. The number of hydrogen-bond acceptors (Lipinski definition) is 2. The second-order valence-electron chi connectivity index (χ2n) is 3.84. The first-order chi connectivity index (χ1) is 8.66. The Morgan fingerprint density at radius 3 is 2.50 bits per heavy atom. The average Bonchev–Trinajstić information content (AvgIpc) is 2.37. The molecule has 0 saturated carbocycles. The molecule has 0 aliphatic rings. The van der Waals surface area contributed by atoms with Crippen molar-refractivity contribution in [3.63, 3.8) is 0 Å². The predicted molar refractivity (Wildman–Crippen MR) is 75.7 cm³/mol. The van der Waals surface area contributed by atoms with E-state index in [4.69, 9.17) is 17.3 Å². The van der Waals surface area contributed by atoms with Crippen LogP contribution in [0, 0.1) is 0 Å². The van der Waals surface area contributed by atoms with E-state index in [9.17, 15) is 4.79 Å². The number of carbonyl (C=O) groups excluding carboxylic acids is 1. The number of nitrogens with two attached hydrogens (primary N) is 1. The molecule has 2 nitrogen and oxygen atoms in total. The topological polar surface area (TPSA) is 43.1 Å². The molecule has 18 heavy (non-hydrogen) atoms. The minimum atomic E-state index is -0.131. The number of benzene rings is 2. The van der Waals surface area contributed by atoms with Gasteiger partial charge < -0.3 is 5.73 Å². The molecular weight excluding hydrogens is 246 g/mol. The van der Waals surface area contributed by atoms with Gasteiger partial charge in [-0.05, 0) is 29.8 Å². The summed E-state index contributed by atoms with van der Waals surface area (Å²) in [6.45, 7) is 0. The molecule has 90 valence electrons. The van der Waals surface area contributed by atoms with E-state index < -0.39 is 0 Å². The molecule has 0 fully saturated rings. The molecule has 0 radical (unpaired) electrons. The van der Waals surface area contributed by atoms with Crippen LogP contribution in [-0.4, -0.2) is 5.78 Å². The quantitative estimate of drug-likeness (QED) is 0.516. The summed E-state index contributed by atoms with van der Waals surface area (Å²) in [4.78, 5) is 11.9. The molecule has 2 N–H and O–H groups in total. The van der Waals surface area contributed by atoms with Gasteiger partial charge in [0.05, 0.1) is 0 Å². The first-order valence-electron chi connectivity index (χ1n) is 5.49. The average molecular weight is 258 g/mol. The number of ketones is 1. The summed E-state index contributed by atoms with van der Waals surface area (Å²) in [7, 11) is 0. The Bertz CT molecular complexity index is 591. The Hall–Kier alpha value is -2.06. The van der Waals surface area contributed by atoms with Crippen LogP contribution in [0.2, 0.25) is 5.02 Å². The summed E-state index contributed by atoms with van der Waals surface area (Å²) in [5, 5.41) is 0.524. The third kappa shape index (κ3) is 2.99. The van der Waals surface area contributed by atoms with E-state index in [2.05, 4.69) is 0 Å². The summed E-state index contributed by atoms with van der Waals surface area (Å²) in [5.41, 5.74) is 7.58. The highest BCUT2D eigenvalue weighted by Crippen LogP contribution is 2.19. The van der Waals surface area contributed by atoms with Gasteiger partial charge in [0.15, 0.2) is 5.78 Å². The van der Waals surface area contributed by atoms with Gasteiger partial charge in [0.2, 0.25) is 0 Å². The fourth-order valence-corrected chi connectivity index (χ4v) is 1.76. The van der Waals surface area contributed by atoms with Crippen molar-refractivity contribution in [1.82, 2.24) is 0 Å². The molecule has 0 bridgehead atoms. The summed E-state index contributed by atoms with van der Waals surface area (Å²) in [6.07, 6.45) is 3.27. The molecule has 3 heteroatoms. The highest BCUT2D eigenvalue weighted by Gasteiger charge is 2.06. The monoisotopic (exact) mass is 257 g/mol. The van der Waals surface area contributed by atoms with Gasteiger partial charge in [-0.3, -0.25) is 4.79 Å². The molecule has 0 spiro atoms. The van der Waals surface area contributed by atoms with Crippen molar-refractivity contribution in [3.8, 4) is 0 Å². The van der Waals surface area contributed by atoms with Crippen LogP contribution < -0.4 is 5.73 Å². The molecule has 0 aliphatic heterocycles. The maximum absolute atomic E-state index is 11.9. The van der Waals surface area contributed by atoms with Crippen LogP contribution in [-0.2, 0) is 0 Å². The predicted octanol–water partition coefficient (Wildman–Crippen LogP) is 3.82. The van der Waals surface area contributed by atoms with Gasteiger partial charge in [-0.25, -0.2) is 0 Å². The van der Waals surface area contributed by atoms with Crippen LogP contribution in [0.25, 0.3) is 6.08 Å². The summed E-state index contributed by atoms with van der Waals surface area (Å²) < 4.78 is 0. The molecule has 2 aromatic rings. The molecule has 0 heterocycles. The Labute approximate surface area is 111 Å². The molecular formula is C15H12ClNO. The van der Waals surface area contributed by atoms with Crippen molar-refractivity contribution in [2.75, 3.05) is 5.73 Å². The number of allylic oxidation sites excluding steroid dienone is 1. The largest absolute Gasteiger partial charge is 0.398 e. The van der Waals surface area contributed by atoms with Crippen molar-refractivity contribution in [3.05, 3.63) is 70.8 Å². The minimum absolute atomic E-state index is 0.131. The summed E-state index contributed by atoms with van der Waals surface area (Å²) >= 11 is 5.79. The van der Waals surface area contributed by atoms with E-state index in [1.807, 2.05) is 30.3 Å². The van der Waals surface area contributed by atoms with Crippen molar-refractivity contribution in [1.29, 1.82) is 0 Å². The SMILES string of the molecule is Nc1cc(Cl)ccc1C(=O)/C=C/c1ccccc1. The van der Waals surface area contributed by atoms with Gasteiger partial charge in [0.25, 0.3) is 0 Å². The van der Waals surface area contributed by atoms with Gasteiger partial charge in [-0.15, -0.1) is 0 Å². The van der Waals surface area contributed by atoms with Gasteiger partial charge in [0, 0.05) is 16.3 Å². The van der Waals surface area contributed by atoms with Gasteiger partial charge in [-0.2, -0.15) is 0 Å². The molecule has 0 saturated heterocycles. The maximum Gasteiger partial charge on any atom is 0.187 e. The second kappa shape index (κ2) is 5.52. The molecule has 0 unspecified atom stereocenters. The number of halogens is 1. The Kier molecular flexibility index (Phi) is 3.80. The zero-order chi connectivity index (χ0) is 13.0. The molecule has 0 amide bonds. The lowest BCUT2D eigenvalue weighted by Gasteiger charge is -2.01. The van der Waals surface area contributed by atoms with E-state index in [0.29, 0.717) is 16.3 Å². The molecule has 0 aliphatic carbocycles. The van der Waals surface area contributed by atoms with E-state index in [0.717, 1.165) is 5.56 Å². The van der Waals surface area contributed by atoms with Crippen LogP contribution in [0.4, 0.5) is 5.69 Å². The Morgan fingerprint density at radius 2 is 1.83 bits per heavy atom. The van der Waals surface area contributed by atoms with Crippen molar-refractivity contribution < 1.29 is 4.79 Å². The number of hydrogen-bond donors (Lipinski definition) is 1. The minimum Gasteiger partial charge on any atom is -0.398 e. The number of anilines is 1. The van der Waals surface area contributed by atoms with Crippen LogP contribution in [0.3, 0.4) is 0 Å². The van der Waals surface area contributed by atoms with E-state index >= 15 is 0 Å². The zero-order valence-electron chi connectivity index (χ0n) is 9.64. The lowest BCUT2D eigenvalue weighted by molar-refractivity contribution is 0.104. The molecule has 0 atom stereocenters. The van der Waals surface area contributed by atoms with Crippen LogP contribution in [0.15, 0.2) is 54.6 Å². The van der Waals surface area contributed by atoms with Crippen molar-refractivity contribution >= 4 is 29.1 Å². The van der Waals surface area contributed by atoms with E-state index in [1.54, 1.807) is 24.3 Å². The normalized spacial score (nSPS) is 10.7. The van der Waals surface area contributed by atoms with Gasteiger partial charge in [-0.1, -0.05) is 48.0 Å².